The van der Waals surface area contributed by atoms with Crippen LogP contribution in [0.1, 0.15) is 5.56 Å². The number of carbonyl (C=O) groups is 1. The molecule has 0 spiro atoms. The molecule has 5 nitrogen and oxygen atoms in total. The normalized spacial score (nSPS) is 10.7. The van der Waals surface area contributed by atoms with Crippen LogP contribution in [0, 0.1) is 0 Å². The molecule has 0 amide bonds. The Morgan fingerprint density at radius 1 is 1.12 bits per heavy atom. The van der Waals surface area contributed by atoms with E-state index in [0.717, 1.165) is 10.9 Å². The van der Waals surface area contributed by atoms with Gasteiger partial charge >= 0.3 is 5.97 Å². The number of aromatic nitrogens is 1. The molecule has 3 rings (SSSR count). The maximum atomic E-state index is 12.1. The van der Waals surface area contributed by atoms with Crippen LogP contribution in [-0.4, -0.2) is 15.6 Å². The van der Waals surface area contributed by atoms with Crippen LogP contribution < -0.4 is 10.3 Å². The summed E-state index contributed by atoms with van der Waals surface area (Å²) in [5, 5.41) is 10.4. The number of para-hydroxylation sites is 1. The number of nitrogens with zero attached hydrogens (tertiary/aromatic N) is 1. The molecule has 0 atom stereocenters. The third-order valence-electron chi connectivity index (χ3n) is 3.55. The molecule has 6 heteroatoms. The predicted octanol–water partition coefficient (Wildman–Crippen LogP) is 3.32. The number of hydrogen-bond donors (Lipinski definition) is 1. The fraction of sp³-hybridized carbons (Fsp3) is 0.111. The van der Waals surface area contributed by atoms with Crippen molar-refractivity contribution in [1.82, 2.24) is 4.57 Å². The number of aliphatic carboxylic acids is 1. The van der Waals surface area contributed by atoms with Gasteiger partial charge < -0.3 is 9.84 Å². The van der Waals surface area contributed by atoms with Crippen molar-refractivity contribution in [3.63, 3.8) is 0 Å². The van der Waals surface area contributed by atoms with Crippen molar-refractivity contribution in [3.8, 4) is 5.75 Å². The van der Waals surface area contributed by atoms with Crippen molar-refractivity contribution in [2.75, 3.05) is 0 Å². The summed E-state index contributed by atoms with van der Waals surface area (Å²) in [6, 6.07) is 15.6. The first-order valence-corrected chi connectivity index (χ1v) is 7.64. The maximum absolute atomic E-state index is 12.1. The Hall–Kier alpha value is -2.79. The van der Waals surface area contributed by atoms with E-state index in [1.807, 2.05) is 12.1 Å². The lowest BCUT2D eigenvalue weighted by Gasteiger charge is -2.13. The van der Waals surface area contributed by atoms with Crippen LogP contribution in [0.5, 0.6) is 5.75 Å². The van der Waals surface area contributed by atoms with Crippen molar-refractivity contribution < 1.29 is 14.6 Å². The molecule has 0 aliphatic rings. The van der Waals surface area contributed by atoms with Crippen LogP contribution >= 0.6 is 11.6 Å². The van der Waals surface area contributed by atoms with Crippen molar-refractivity contribution in [1.29, 1.82) is 0 Å². The van der Waals surface area contributed by atoms with Crippen LogP contribution in [0.4, 0.5) is 0 Å². The van der Waals surface area contributed by atoms with Crippen LogP contribution in [0.25, 0.3) is 10.9 Å². The molecule has 0 aliphatic heterocycles. The third kappa shape index (κ3) is 3.41. The van der Waals surface area contributed by atoms with Crippen molar-refractivity contribution >= 4 is 28.5 Å². The summed E-state index contributed by atoms with van der Waals surface area (Å²) in [5.74, 6) is -0.638. The van der Waals surface area contributed by atoms with Crippen LogP contribution in [0.15, 0.2) is 59.4 Å². The minimum absolute atomic E-state index is 0.260. The van der Waals surface area contributed by atoms with Crippen LogP contribution in [-0.2, 0) is 17.9 Å². The van der Waals surface area contributed by atoms with E-state index in [-0.39, 0.29) is 12.2 Å². The molecule has 1 N–H and O–H groups in total. The largest absolute Gasteiger partial charge is 0.487 e. The minimum Gasteiger partial charge on any atom is -0.487 e. The number of pyridine rings is 1. The quantitative estimate of drug-likeness (QED) is 0.771. The summed E-state index contributed by atoms with van der Waals surface area (Å²) in [5.41, 5.74) is 0.959. The van der Waals surface area contributed by atoms with Gasteiger partial charge in [0.2, 0.25) is 0 Å². The Balaban J connectivity index is 2.02. The molecule has 2 aromatic carbocycles. The Morgan fingerprint density at radius 3 is 2.67 bits per heavy atom. The summed E-state index contributed by atoms with van der Waals surface area (Å²) in [4.78, 5) is 23.1. The number of fused-ring (bicyclic) bond motifs is 1. The molecule has 0 fully saturated rings. The zero-order valence-corrected chi connectivity index (χ0v) is 13.4. The van der Waals surface area contributed by atoms with Gasteiger partial charge in [-0.3, -0.25) is 14.2 Å². The highest BCUT2D eigenvalue weighted by atomic mass is 35.5. The van der Waals surface area contributed by atoms with Crippen LogP contribution in [0.3, 0.4) is 0 Å². The van der Waals surface area contributed by atoms with Crippen molar-refractivity contribution in [3.05, 3.63) is 75.5 Å². The smallest absolute Gasteiger partial charge is 0.323 e. The SMILES string of the molecule is O=C(O)Cn1c(=O)ccc2cccc(OCc3cccc(Cl)c3)c21. The van der Waals surface area contributed by atoms with Crippen LogP contribution in [0.2, 0.25) is 5.02 Å². The number of hydrogen-bond acceptors (Lipinski definition) is 3. The van der Waals surface area contributed by atoms with Crippen molar-refractivity contribution in [2.45, 2.75) is 13.2 Å². The van der Waals surface area contributed by atoms with Crippen molar-refractivity contribution in [2.24, 2.45) is 0 Å². The molecule has 1 heterocycles. The third-order valence-corrected chi connectivity index (χ3v) is 3.78. The molecule has 0 saturated carbocycles. The van der Waals surface area contributed by atoms with Gasteiger partial charge in [-0.1, -0.05) is 35.9 Å². The molecule has 24 heavy (non-hydrogen) atoms. The average molecular weight is 344 g/mol. The van der Waals surface area contributed by atoms with E-state index in [9.17, 15) is 9.59 Å². The molecule has 0 bridgehead atoms. The van der Waals surface area contributed by atoms with Gasteiger partial charge in [-0.15, -0.1) is 0 Å². The number of ether oxygens (including phenoxy) is 1. The lowest BCUT2D eigenvalue weighted by atomic mass is 10.2. The molecule has 3 aromatic rings. The summed E-state index contributed by atoms with van der Waals surface area (Å²) in [7, 11) is 0. The first kappa shape index (κ1) is 16.1. The molecular formula is C18H14ClNO4. The standard InChI is InChI=1S/C18H14ClNO4/c19-14-5-1-3-12(9-14)11-24-15-6-2-4-13-7-8-16(21)20(18(13)15)10-17(22)23/h1-9H,10-11H2,(H,22,23). The maximum Gasteiger partial charge on any atom is 0.323 e. The van der Waals surface area contributed by atoms with Gasteiger partial charge in [-0.2, -0.15) is 0 Å². The van der Waals surface area contributed by atoms with Gasteiger partial charge in [0.05, 0.1) is 5.52 Å². The molecule has 0 saturated heterocycles. The Labute approximate surface area is 142 Å². The van der Waals surface area contributed by atoms with Gasteiger partial charge in [0.15, 0.2) is 0 Å². The van der Waals surface area contributed by atoms with Gasteiger partial charge in [-0.05, 0) is 29.8 Å². The second-order valence-corrected chi connectivity index (χ2v) is 5.70. The second-order valence-electron chi connectivity index (χ2n) is 5.26. The first-order valence-electron chi connectivity index (χ1n) is 7.26. The van der Waals surface area contributed by atoms with E-state index in [1.54, 1.807) is 36.4 Å². The van der Waals surface area contributed by atoms with E-state index in [4.69, 9.17) is 21.4 Å². The monoisotopic (exact) mass is 343 g/mol. The number of carboxylic acid groups (broad SMARTS) is 1. The zero-order chi connectivity index (χ0) is 17.1. The predicted molar refractivity (Wildman–Crippen MR) is 91.6 cm³/mol. The molecular weight excluding hydrogens is 330 g/mol. The summed E-state index contributed by atoms with van der Waals surface area (Å²) in [6.45, 7) is -0.163. The number of carboxylic acids is 1. The fourth-order valence-electron chi connectivity index (χ4n) is 2.52. The lowest BCUT2D eigenvalue weighted by Crippen LogP contribution is -2.23. The summed E-state index contributed by atoms with van der Waals surface area (Å²) >= 11 is 5.96. The molecule has 0 aliphatic carbocycles. The van der Waals surface area contributed by atoms with E-state index >= 15 is 0 Å². The average Bonchev–Trinajstić information content (AvgIpc) is 2.55. The molecule has 0 radical (unpaired) electrons. The highest BCUT2D eigenvalue weighted by molar-refractivity contribution is 6.30. The minimum atomic E-state index is -1.09. The zero-order valence-electron chi connectivity index (χ0n) is 12.6. The number of benzene rings is 2. The Kier molecular flexibility index (Phi) is 4.53. The fourth-order valence-corrected chi connectivity index (χ4v) is 2.73. The topological polar surface area (TPSA) is 68.5 Å². The first-order chi connectivity index (χ1) is 11.5. The lowest BCUT2D eigenvalue weighted by molar-refractivity contribution is -0.137. The summed E-state index contributed by atoms with van der Waals surface area (Å²) in [6.07, 6.45) is 0. The van der Waals surface area contributed by atoms with Gasteiger partial charge in [0.1, 0.15) is 18.9 Å². The van der Waals surface area contributed by atoms with Gasteiger partial charge in [0.25, 0.3) is 5.56 Å². The Bertz CT molecular complexity index is 965. The van der Waals surface area contributed by atoms with E-state index < -0.39 is 12.5 Å². The summed E-state index contributed by atoms with van der Waals surface area (Å²) < 4.78 is 7.03. The number of rotatable bonds is 5. The van der Waals surface area contributed by atoms with E-state index in [2.05, 4.69) is 0 Å². The highest BCUT2D eigenvalue weighted by Crippen LogP contribution is 2.25. The Morgan fingerprint density at radius 2 is 1.92 bits per heavy atom. The van der Waals surface area contributed by atoms with E-state index in [1.165, 1.54) is 10.6 Å². The molecule has 0 unspecified atom stereocenters. The second kappa shape index (κ2) is 6.76. The van der Waals surface area contributed by atoms with E-state index in [0.29, 0.717) is 16.3 Å². The van der Waals surface area contributed by atoms with Gasteiger partial charge in [0, 0.05) is 16.5 Å². The molecule has 1 aromatic heterocycles. The highest BCUT2D eigenvalue weighted by Gasteiger charge is 2.11. The van der Waals surface area contributed by atoms with Gasteiger partial charge in [-0.25, -0.2) is 0 Å². The number of halogens is 1. The molecule has 122 valence electrons.